The molecule has 0 bridgehead atoms. The van der Waals surface area contributed by atoms with E-state index in [1.165, 1.54) is 16.8 Å². The lowest BCUT2D eigenvalue weighted by atomic mass is 10.1. The molecule has 3 rings (SSSR count). The summed E-state index contributed by atoms with van der Waals surface area (Å²) in [6.45, 7) is 3.80. The molecule has 31 heavy (non-hydrogen) atoms. The highest BCUT2D eigenvalue weighted by molar-refractivity contribution is 8.24. The summed E-state index contributed by atoms with van der Waals surface area (Å²) in [6.07, 6.45) is 0.862. The number of nitrogens with zero attached hydrogens (tertiary/aromatic N) is 4. The number of hydrogen-bond acceptors (Lipinski definition) is 6. The maximum absolute atomic E-state index is 12.7. The molecule has 1 aliphatic rings. The minimum atomic E-state index is -0.797. The zero-order chi connectivity index (χ0) is 22.8. The Labute approximate surface area is 196 Å². The fraction of sp³-hybridized carbons (Fsp3) is 0.286. The van der Waals surface area contributed by atoms with E-state index in [1.807, 2.05) is 57.1 Å². The SMILES string of the molecule is CN(C)c1ccc(/C=N/N2C(=S)SC(C)(C)[C@H]2N(O)C(=O)Nc2ccc(Cl)cc2)cc1. The maximum Gasteiger partial charge on any atom is 0.347 e. The Morgan fingerprint density at radius 3 is 2.42 bits per heavy atom. The quantitative estimate of drug-likeness (QED) is 0.270. The molecule has 2 aromatic rings. The van der Waals surface area contributed by atoms with Crippen molar-refractivity contribution in [1.82, 2.24) is 10.1 Å². The van der Waals surface area contributed by atoms with Crippen LogP contribution in [0.2, 0.25) is 5.02 Å². The van der Waals surface area contributed by atoms with Crippen molar-refractivity contribution >= 4 is 63.5 Å². The van der Waals surface area contributed by atoms with Crippen molar-refractivity contribution in [3.8, 4) is 0 Å². The van der Waals surface area contributed by atoms with Crippen molar-refractivity contribution < 1.29 is 10.0 Å². The van der Waals surface area contributed by atoms with Gasteiger partial charge in [-0.3, -0.25) is 5.21 Å². The van der Waals surface area contributed by atoms with Gasteiger partial charge in [0.15, 0.2) is 10.5 Å². The van der Waals surface area contributed by atoms with Crippen LogP contribution >= 0.6 is 35.6 Å². The third-order valence-electron chi connectivity index (χ3n) is 4.67. The number of amides is 2. The summed E-state index contributed by atoms with van der Waals surface area (Å²) in [7, 11) is 3.95. The van der Waals surface area contributed by atoms with Crippen LogP contribution in [0.15, 0.2) is 53.6 Å². The Bertz CT molecular complexity index is 980. The second-order valence-electron chi connectivity index (χ2n) is 7.70. The van der Waals surface area contributed by atoms with Gasteiger partial charge in [0.1, 0.15) is 0 Å². The second-order valence-corrected chi connectivity index (χ2v) is 10.4. The molecule has 1 atom stereocenters. The van der Waals surface area contributed by atoms with Crippen molar-refractivity contribution in [3.63, 3.8) is 0 Å². The number of thiocarbonyl (C=S) groups is 1. The van der Waals surface area contributed by atoms with Crippen LogP contribution in [0.4, 0.5) is 16.2 Å². The van der Waals surface area contributed by atoms with Gasteiger partial charge in [-0.1, -0.05) is 47.7 Å². The van der Waals surface area contributed by atoms with E-state index >= 15 is 0 Å². The van der Waals surface area contributed by atoms with Gasteiger partial charge in [-0.05, 0) is 55.8 Å². The summed E-state index contributed by atoms with van der Waals surface area (Å²) >= 11 is 12.7. The number of rotatable bonds is 5. The number of carbonyl (C=O) groups excluding carboxylic acids is 1. The van der Waals surface area contributed by atoms with E-state index in [2.05, 4.69) is 10.4 Å². The van der Waals surface area contributed by atoms with E-state index in [0.29, 0.717) is 20.1 Å². The van der Waals surface area contributed by atoms with E-state index in [4.69, 9.17) is 23.8 Å². The molecule has 10 heteroatoms. The standard InChI is InChI=1S/C21H24ClN5O2S2/c1-21(2)18(27(29)19(28)24-16-9-7-15(22)8-10-16)26(20(30)31-21)23-13-14-5-11-17(12-6-14)25(3)4/h5-13,18,29H,1-4H3,(H,24,28)/b23-13+/t18-/m1/s1. The van der Waals surface area contributed by atoms with Crippen LogP contribution in [0, 0.1) is 0 Å². The lowest BCUT2D eigenvalue weighted by molar-refractivity contribution is -0.114. The summed E-state index contributed by atoms with van der Waals surface area (Å²) in [4.78, 5) is 14.7. The summed E-state index contributed by atoms with van der Waals surface area (Å²) in [6, 6.07) is 13.8. The number of hydrogen-bond donors (Lipinski definition) is 2. The van der Waals surface area contributed by atoms with Crippen molar-refractivity contribution in [2.45, 2.75) is 24.8 Å². The molecule has 1 aliphatic heterocycles. The van der Waals surface area contributed by atoms with Crippen molar-refractivity contribution in [1.29, 1.82) is 0 Å². The highest BCUT2D eigenvalue weighted by Crippen LogP contribution is 2.42. The Morgan fingerprint density at radius 1 is 1.23 bits per heavy atom. The van der Waals surface area contributed by atoms with Gasteiger partial charge in [0.2, 0.25) is 0 Å². The maximum atomic E-state index is 12.7. The molecular weight excluding hydrogens is 454 g/mol. The van der Waals surface area contributed by atoms with Crippen LogP contribution in [-0.2, 0) is 0 Å². The fourth-order valence-electron chi connectivity index (χ4n) is 3.04. The Hall–Kier alpha value is -2.33. The highest BCUT2D eigenvalue weighted by atomic mass is 35.5. The average molecular weight is 478 g/mol. The van der Waals surface area contributed by atoms with E-state index in [1.54, 1.807) is 30.5 Å². The summed E-state index contributed by atoms with van der Waals surface area (Å²) in [5.41, 5.74) is 2.45. The third-order valence-corrected chi connectivity index (χ3v) is 6.45. The molecule has 2 aromatic carbocycles. The third kappa shape index (κ3) is 5.48. The molecule has 0 aromatic heterocycles. The van der Waals surface area contributed by atoms with Gasteiger partial charge in [-0.25, -0.2) is 9.80 Å². The number of carbonyl (C=O) groups is 1. The van der Waals surface area contributed by atoms with Crippen LogP contribution < -0.4 is 10.2 Å². The number of nitrogens with one attached hydrogen (secondary N) is 1. The number of anilines is 2. The van der Waals surface area contributed by atoms with Gasteiger partial charge in [-0.15, -0.1) is 0 Å². The van der Waals surface area contributed by atoms with Crippen LogP contribution in [0.5, 0.6) is 0 Å². The van der Waals surface area contributed by atoms with E-state index < -0.39 is 16.9 Å². The fourth-order valence-corrected chi connectivity index (χ4v) is 4.95. The number of hydroxylamine groups is 2. The topological polar surface area (TPSA) is 71.4 Å². The van der Waals surface area contributed by atoms with E-state index in [-0.39, 0.29) is 0 Å². The molecule has 0 spiro atoms. The summed E-state index contributed by atoms with van der Waals surface area (Å²) < 4.78 is -0.121. The Morgan fingerprint density at radius 2 is 1.84 bits per heavy atom. The molecule has 2 N–H and O–H groups in total. The van der Waals surface area contributed by atoms with E-state index in [9.17, 15) is 10.0 Å². The minimum absolute atomic E-state index is 0.467. The summed E-state index contributed by atoms with van der Waals surface area (Å²) in [5, 5.41) is 20.6. The highest BCUT2D eigenvalue weighted by Gasteiger charge is 2.50. The van der Waals surface area contributed by atoms with Crippen LogP contribution in [0.3, 0.4) is 0 Å². The number of thioether (sulfide) groups is 1. The first-order valence-electron chi connectivity index (χ1n) is 9.47. The molecule has 7 nitrogen and oxygen atoms in total. The van der Waals surface area contributed by atoms with Crippen LogP contribution in [-0.4, -0.2) is 56.9 Å². The molecule has 0 aliphatic carbocycles. The van der Waals surface area contributed by atoms with Gasteiger partial charge in [0.25, 0.3) is 0 Å². The predicted molar refractivity (Wildman–Crippen MR) is 132 cm³/mol. The molecule has 1 saturated heterocycles. The van der Waals surface area contributed by atoms with Gasteiger partial charge in [-0.2, -0.15) is 10.2 Å². The zero-order valence-corrected chi connectivity index (χ0v) is 20.0. The van der Waals surface area contributed by atoms with E-state index in [0.717, 1.165) is 11.3 Å². The second kappa shape index (κ2) is 9.44. The smallest absolute Gasteiger partial charge is 0.347 e. The normalized spacial score (nSPS) is 17.8. The van der Waals surface area contributed by atoms with Crippen molar-refractivity contribution in [3.05, 3.63) is 59.1 Å². The molecule has 0 radical (unpaired) electrons. The molecule has 0 unspecified atom stereocenters. The zero-order valence-electron chi connectivity index (χ0n) is 17.6. The van der Waals surface area contributed by atoms with Crippen molar-refractivity contribution in [2.24, 2.45) is 5.10 Å². The van der Waals surface area contributed by atoms with Crippen LogP contribution in [0.25, 0.3) is 0 Å². The minimum Gasteiger partial charge on any atom is -0.378 e. The van der Waals surface area contributed by atoms with Gasteiger partial charge >= 0.3 is 6.03 Å². The summed E-state index contributed by atoms with van der Waals surface area (Å²) in [5.74, 6) is 0. The molecule has 2 amide bonds. The predicted octanol–water partition coefficient (Wildman–Crippen LogP) is 5.10. The first-order chi connectivity index (χ1) is 14.6. The Balaban J connectivity index is 1.79. The van der Waals surface area contributed by atoms with Crippen LogP contribution in [0.1, 0.15) is 19.4 Å². The number of hydrazone groups is 1. The number of urea groups is 1. The first kappa shape index (κ1) is 23.3. The molecule has 1 heterocycles. The first-order valence-corrected chi connectivity index (χ1v) is 11.1. The monoisotopic (exact) mass is 477 g/mol. The number of halogens is 1. The molecule has 164 valence electrons. The number of benzene rings is 2. The largest absolute Gasteiger partial charge is 0.378 e. The van der Waals surface area contributed by atoms with Gasteiger partial charge in [0.05, 0.1) is 11.0 Å². The van der Waals surface area contributed by atoms with Gasteiger partial charge in [0, 0.05) is 30.5 Å². The average Bonchev–Trinajstić information content (AvgIpc) is 2.95. The molecule has 1 fully saturated rings. The van der Waals surface area contributed by atoms with Crippen molar-refractivity contribution in [2.75, 3.05) is 24.3 Å². The lowest BCUT2D eigenvalue weighted by Gasteiger charge is -2.34. The Kier molecular flexibility index (Phi) is 7.10. The molecular formula is C21H24ClN5O2S2. The lowest BCUT2D eigenvalue weighted by Crippen LogP contribution is -2.54. The molecule has 0 saturated carbocycles. The van der Waals surface area contributed by atoms with Gasteiger partial charge < -0.3 is 10.2 Å².